The second kappa shape index (κ2) is 4.47. The van der Waals surface area contributed by atoms with Crippen LogP contribution in [0.2, 0.25) is 0 Å². The van der Waals surface area contributed by atoms with E-state index in [1.165, 1.54) is 6.08 Å². The zero-order valence-corrected chi connectivity index (χ0v) is 9.92. The Hall–Kier alpha value is -1.32. The Morgan fingerprint density at radius 2 is 1.67 bits per heavy atom. The standard InChI is InChI=1S/C11H19NO3/c1-6-7-8(13)12-11(4,5)10(2,3)9(14)15/h6-7H,1-5H3,(H,12,13)(H,14,15). The lowest BCUT2D eigenvalue weighted by atomic mass is 9.74. The number of rotatable bonds is 4. The van der Waals surface area contributed by atoms with Crippen LogP contribution in [0.3, 0.4) is 0 Å². The van der Waals surface area contributed by atoms with Crippen molar-refractivity contribution in [1.29, 1.82) is 0 Å². The SMILES string of the molecule is CC=CC(=O)NC(C)(C)C(C)(C)C(=O)O. The number of allylic oxidation sites excluding steroid dienone is 1. The second-order valence-corrected chi connectivity index (χ2v) is 4.54. The number of amides is 1. The summed E-state index contributed by atoms with van der Waals surface area (Å²) in [6.07, 6.45) is 2.98. The van der Waals surface area contributed by atoms with E-state index in [1.54, 1.807) is 40.7 Å². The minimum atomic E-state index is -1.02. The van der Waals surface area contributed by atoms with Crippen LogP contribution in [0.1, 0.15) is 34.6 Å². The van der Waals surface area contributed by atoms with Gasteiger partial charge in [0, 0.05) is 0 Å². The second-order valence-electron chi connectivity index (χ2n) is 4.54. The number of carbonyl (C=O) groups is 2. The van der Waals surface area contributed by atoms with E-state index in [9.17, 15) is 9.59 Å². The Morgan fingerprint density at radius 1 is 1.20 bits per heavy atom. The molecule has 86 valence electrons. The topological polar surface area (TPSA) is 66.4 Å². The molecule has 0 rings (SSSR count). The molecule has 2 N–H and O–H groups in total. The van der Waals surface area contributed by atoms with Crippen LogP contribution in [0.4, 0.5) is 0 Å². The summed E-state index contributed by atoms with van der Waals surface area (Å²) in [5, 5.41) is 11.7. The van der Waals surface area contributed by atoms with Gasteiger partial charge in [0.05, 0.1) is 11.0 Å². The summed E-state index contributed by atoms with van der Waals surface area (Å²) in [6.45, 7) is 8.30. The zero-order valence-electron chi connectivity index (χ0n) is 9.92. The summed E-state index contributed by atoms with van der Waals surface area (Å²) in [5.74, 6) is -1.22. The van der Waals surface area contributed by atoms with Crippen LogP contribution in [-0.4, -0.2) is 22.5 Å². The average molecular weight is 213 g/mol. The van der Waals surface area contributed by atoms with Crippen LogP contribution in [0.5, 0.6) is 0 Å². The Kier molecular flexibility index (Phi) is 4.07. The van der Waals surface area contributed by atoms with Gasteiger partial charge in [0.25, 0.3) is 0 Å². The number of nitrogens with one attached hydrogen (secondary N) is 1. The van der Waals surface area contributed by atoms with E-state index in [1.807, 2.05) is 0 Å². The van der Waals surface area contributed by atoms with Gasteiger partial charge in [-0.3, -0.25) is 9.59 Å². The van der Waals surface area contributed by atoms with Crippen molar-refractivity contribution < 1.29 is 14.7 Å². The molecule has 0 fully saturated rings. The van der Waals surface area contributed by atoms with Crippen molar-refractivity contribution in [2.75, 3.05) is 0 Å². The van der Waals surface area contributed by atoms with Crippen molar-refractivity contribution in [2.24, 2.45) is 5.41 Å². The lowest BCUT2D eigenvalue weighted by molar-refractivity contribution is -0.151. The molecule has 0 spiro atoms. The van der Waals surface area contributed by atoms with Crippen LogP contribution >= 0.6 is 0 Å². The molecule has 0 saturated heterocycles. The zero-order chi connectivity index (χ0) is 12.3. The molecule has 0 aromatic rings. The van der Waals surface area contributed by atoms with Crippen LogP contribution < -0.4 is 5.32 Å². The van der Waals surface area contributed by atoms with E-state index in [2.05, 4.69) is 5.32 Å². The van der Waals surface area contributed by atoms with E-state index in [-0.39, 0.29) is 5.91 Å². The molecular formula is C11H19NO3. The number of carboxylic acid groups (broad SMARTS) is 1. The van der Waals surface area contributed by atoms with Gasteiger partial charge in [-0.05, 0) is 40.7 Å². The van der Waals surface area contributed by atoms with Gasteiger partial charge in [0.15, 0.2) is 0 Å². The van der Waals surface area contributed by atoms with Crippen molar-refractivity contribution in [1.82, 2.24) is 5.32 Å². The average Bonchev–Trinajstić information content (AvgIpc) is 2.02. The fourth-order valence-electron chi connectivity index (χ4n) is 0.925. The third-order valence-electron chi connectivity index (χ3n) is 2.85. The highest BCUT2D eigenvalue weighted by Crippen LogP contribution is 2.30. The van der Waals surface area contributed by atoms with E-state index in [4.69, 9.17) is 5.11 Å². The number of carboxylic acids is 1. The molecule has 0 aliphatic heterocycles. The monoisotopic (exact) mass is 213 g/mol. The lowest BCUT2D eigenvalue weighted by Gasteiger charge is -2.38. The molecular weight excluding hydrogens is 194 g/mol. The maximum Gasteiger partial charge on any atom is 0.311 e. The smallest absolute Gasteiger partial charge is 0.311 e. The third kappa shape index (κ3) is 3.08. The van der Waals surface area contributed by atoms with Gasteiger partial charge in [0.2, 0.25) is 5.91 Å². The number of hydrogen-bond donors (Lipinski definition) is 2. The van der Waals surface area contributed by atoms with Gasteiger partial charge in [-0.15, -0.1) is 0 Å². The molecule has 4 heteroatoms. The number of aliphatic carboxylic acids is 1. The first-order valence-corrected chi connectivity index (χ1v) is 4.83. The first-order chi connectivity index (χ1) is 6.65. The van der Waals surface area contributed by atoms with E-state index >= 15 is 0 Å². The Bertz CT molecular complexity index is 290. The quantitative estimate of drug-likeness (QED) is 0.696. The number of carbonyl (C=O) groups excluding carboxylic acids is 1. The minimum absolute atomic E-state index is 0.281. The summed E-state index contributed by atoms with van der Waals surface area (Å²) < 4.78 is 0. The molecule has 0 aromatic heterocycles. The van der Waals surface area contributed by atoms with Gasteiger partial charge in [-0.1, -0.05) is 6.08 Å². The van der Waals surface area contributed by atoms with Crippen molar-refractivity contribution in [3.63, 3.8) is 0 Å². The van der Waals surface area contributed by atoms with Crippen molar-refractivity contribution in [3.05, 3.63) is 12.2 Å². The van der Waals surface area contributed by atoms with Gasteiger partial charge >= 0.3 is 5.97 Å². The van der Waals surface area contributed by atoms with Gasteiger partial charge < -0.3 is 10.4 Å². The minimum Gasteiger partial charge on any atom is -0.481 e. The van der Waals surface area contributed by atoms with Crippen molar-refractivity contribution >= 4 is 11.9 Å². The molecule has 0 unspecified atom stereocenters. The Morgan fingerprint density at radius 3 is 2.00 bits per heavy atom. The molecule has 15 heavy (non-hydrogen) atoms. The maximum atomic E-state index is 11.3. The van der Waals surface area contributed by atoms with Gasteiger partial charge in [-0.25, -0.2) is 0 Å². The van der Waals surface area contributed by atoms with Gasteiger partial charge in [-0.2, -0.15) is 0 Å². The summed E-state index contributed by atoms with van der Waals surface area (Å²) in [7, 11) is 0. The van der Waals surface area contributed by atoms with E-state index in [0.29, 0.717) is 0 Å². The predicted molar refractivity (Wildman–Crippen MR) is 58.5 cm³/mol. The first-order valence-electron chi connectivity index (χ1n) is 4.83. The molecule has 0 aromatic carbocycles. The molecule has 0 aliphatic carbocycles. The molecule has 0 heterocycles. The fraction of sp³-hybridized carbons (Fsp3) is 0.636. The normalized spacial score (nSPS) is 12.9. The maximum absolute atomic E-state index is 11.3. The summed E-state index contributed by atoms with van der Waals surface area (Å²) in [6, 6.07) is 0. The summed E-state index contributed by atoms with van der Waals surface area (Å²) in [5.41, 5.74) is -1.83. The van der Waals surface area contributed by atoms with Crippen molar-refractivity contribution in [3.8, 4) is 0 Å². The predicted octanol–water partition coefficient (Wildman–Crippen LogP) is 1.57. The van der Waals surface area contributed by atoms with Crippen LogP contribution in [0.15, 0.2) is 12.2 Å². The molecule has 0 atom stereocenters. The van der Waals surface area contributed by atoms with E-state index in [0.717, 1.165) is 0 Å². The fourth-order valence-corrected chi connectivity index (χ4v) is 0.925. The highest BCUT2D eigenvalue weighted by Gasteiger charge is 2.44. The first kappa shape index (κ1) is 13.7. The van der Waals surface area contributed by atoms with Crippen molar-refractivity contribution in [2.45, 2.75) is 40.2 Å². The summed E-state index contributed by atoms with van der Waals surface area (Å²) >= 11 is 0. The van der Waals surface area contributed by atoms with E-state index < -0.39 is 16.9 Å². The Labute approximate surface area is 90.4 Å². The third-order valence-corrected chi connectivity index (χ3v) is 2.85. The van der Waals surface area contributed by atoms with Crippen LogP contribution in [0, 0.1) is 5.41 Å². The van der Waals surface area contributed by atoms with Crippen LogP contribution in [-0.2, 0) is 9.59 Å². The molecule has 4 nitrogen and oxygen atoms in total. The highest BCUT2D eigenvalue weighted by atomic mass is 16.4. The molecule has 0 aliphatic rings. The van der Waals surface area contributed by atoms with Crippen LogP contribution in [0.25, 0.3) is 0 Å². The van der Waals surface area contributed by atoms with Gasteiger partial charge in [0.1, 0.15) is 0 Å². The largest absolute Gasteiger partial charge is 0.481 e. The molecule has 0 radical (unpaired) electrons. The lowest BCUT2D eigenvalue weighted by Crippen LogP contribution is -2.56. The highest BCUT2D eigenvalue weighted by molar-refractivity contribution is 5.89. The Balaban J connectivity index is 4.83. The number of hydrogen-bond acceptors (Lipinski definition) is 2. The summed E-state index contributed by atoms with van der Waals surface area (Å²) in [4.78, 5) is 22.4. The molecule has 1 amide bonds. The molecule has 0 saturated carbocycles. The molecule has 0 bridgehead atoms.